The minimum absolute atomic E-state index is 0.109. The maximum atomic E-state index is 12.5. The highest BCUT2D eigenvalue weighted by Gasteiger charge is 2.12. The molecule has 0 aliphatic heterocycles. The van der Waals surface area contributed by atoms with Gasteiger partial charge in [-0.15, -0.1) is 0 Å². The summed E-state index contributed by atoms with van der Waals surface area (Å²) in [7, 11) is 1.61. The van der Waals surface area contributed by atoms with E-state index in [-0.39, 0.29) is 5.91 Å². The molecule has 3 rings (SSSR count). The van der Waals surface area contributed by atoms with Crippen molar-refractivity contribution in [2.75, 3.05) is 7.11 Å². The van der Waals surface area contributed by atoms with E-state index in [1.54, 1.807) is 31.4 Å². The number of ether oxygens (including phenoxy) is 1. The highest BCUT2D eigenvalue weighted by Crippen LogP contribution is 2.18. The van der Waals surface area contributed by atoms with Crippen molar-refractivity contribution in [2.24, 2.45) is 0 Å². The van der Waals surface area contributed by atoms with Crippen molar-refractivity contribution in [3.63, 3.8) is 0 Å². The number of amides is 1. The summed E-state index contributed by atoms with van der Waals surface area (Å²) >= 11 is 0. The van der Waals surface area contributed by atoms with Crippen LogP contribution < -0.4 is 10.1 Å². The van der Waals surface area contributed by atoms with Crippen molar-refractivity contribution in [3.05, 3.63) is 59.9 Å². The summed E-state index contributed by atoms with van der Waals surface area (Å²) in [4.78, 5) is 17.2. The lowest BCUT2D eigenvalue weighted by Gasteiger charge is -2.10. The number of aromatic nitrogens is 2. The van der Waals surface area contributed by atoms with Crippen LogP contribution in [0.4, 0.5) is 0 Å². The van der Waals surface area contributed by atoms with Gasteiger partial charge in [-0.05, 0) is 42.8 Å². The molecule has 0 aliphatic rings. The van der Waals surface area contributed by atoms with Gasteiger partial charge in [-0.2, -0.15) is 0 Å². The van der Waals surface area contributed by atoms with Crippen molar-refractivity contribution in [1.82, 2.24) is 14.9 Å². The summed E-state index contributed by atoms with van der Waals surface area (Å²) in [5, 5.41) is 2.99. The standard InChI is InChI=1S/C22H27N3O2/c1-3-4-5-8-15-25-20-10-7-6-9-19(20)24-21(25)16-23-22(26)17-11-13-18(27-2)14-12-17/h6-7,9-14H,3-5,8,15-16H2,1-2H3,(H,23,26). The van der Waals surface area contributed by atoms with Gasteiger partial charge in [-0.25, -0.2) is 4.98 Å². The van der Waals surface area contributed by atoms with Crippen LogP contribution in [0.5, 0.6) is 5.75 Å². The van der Waals surface area contributed by atoms with Crippen LogP contribution in [0, 0.1) is 0 Å². The fraction of sp³-hybridized carbons (Fsp3) is 0.364. The number of nitrogens with zero attached hydrogens (tertiary/aromatic N) is 2. The molecule has 0 unspecified atom stereocenters. The molecule has 1 aromatic heterocycles. The third-order valence-corrected chi connectivity index (χ3v) is 4.73. The number of para-hydroxylation sites is 2. The Balaban J connectivity index is 1.71. The minimum Gasteiger partial charge on any atom is -0.497 e. The minimum atomic E-state index is -0.109. The Bertz CT molecular complexity index is 884. The smallest absolute Gasteiger partial charge is 0.251 e. The lowest BCUT2D eigenvalue weighted by molar-refractivity contribution is 0.0949. The van der Waals surface area contributed by atoms with Gasteiger partial charge in [0.15, 0.2) is 0 Å². The van der Waals surface area contributed by atoms with Gasteiger partial charge in [-0.3, -0.25) is 4.79 Å². The van der Waals surface area contributed by atoms with Gasteiger partial charge in [0.1, 0.15) is 11.6 Å². The third kappa shape index (κ3) is 4.67. The number of carbonyl (C=O) groups is 1. The first-order chi connectivity index (χ1) is 13.2. The Morgan fingerprint density at radius 1 is 1.07 bits per heavy atom. The molecule has 3 aromatic rings. The molecule has 1 amide bonds. The van der Waals surface area contributed by atoms with Gasteiger partial charge in [-0.1, -0.05) is 38.3 Å². The number of hydrogen-bond donors (Lipinski definition) is 1. The molecule has 27 heavy (non-hydrogen) atoms. The second kappa shape index (κ2) is 9.21. The molecule has 1 heterocycles. The quantitative estimate of drug-likeness (QED) is 0.566. The lowest BCUT2D eigenvalue weighted by atomic mass is 10.2. The number of fused-ring (bicyclic) bond motifs is 1. The molecule has 0 aliphatic carbocycles. The van der Waals surface area contributed by atoms with E-state index in [9.17, 15) is 4.79 Å². The van der Waals surface area contributed by atoms with Crippen molar-refractivity contribution in [2.45, 2.75) is 45.7 Å². The fourth-order valence-corrected chi connectivity index (χ4v) is 3.21. The lowest BCUT2D eigenvalue weighted by Crippen LogP contribution is -2.24. The second-order valence-electron chi connectivity index (χ2n) is 6.64. The first kappa shape index (κ1) is 19.0. The predicted molar refractivity (Wildman–Crippen MR) is 108 cm³/mol. The molecule has 0 spiro atoms. The molecule has 0 bridgehead atoms. The maximum Gasteiger partial charge on any atom is 0.251 e. The van der Waals surface area contributed by atoms with Crippen LogP contribution in [0.3, 0.4) is 0 Å². The van der Waals surface area contributed by atoms with Gasteiger partial charge in [0, 0.05) is 12.1 Å². The summed E-state index contributed by atoms with van der Waals surface area (Å²) in [6, 6.07) is 15.3. The van der Waals surface area contributed by atoms with Gasteiger partial charge >= 0.3 is 0 Å². The van der Waals surface area contributed by atoms with Gasteiger partial charge in [0.2, 0.25) is 0 Å². The number of methoxy groups -OCH3 is 1. The van der Waals surface area contributed by atoms with Crippen LogP contribution >= 0.6 is 0 Å². The number of nitrogens with one attached hydrogen (secondary N) is 1. The van der Waals surface area contributed by atoms with E-state index in [0.29, 0.717) is 12.1 Å². The topological polar surface area (TPSA) is 56.2 Å². The Hall–Kier alpha value is -2.82. The Morgan fingerprint density at radius 3 is 2.59 bits per heavy atom. The van der Waals surface area contributed by atoms with Crippen LogP contribution in [0.15, 0.2) is 48.5 Å². The Morgan fingerprint density at radius 2 is 1.85 bits per heavy atom. The predicted octanol–water partition coefficient (Wildman–Crippen LogP) is 4.56. The SMILES string of the molecule is CCCCCCn1c(CNC(=O)c2ccc(OC)cc2)nc2ccccc21. The average molecular weight is 365 g/mol. The van der Waals surface area contributed by atoms with Crippen molar-refractivity contribution >= 4 is 16.9 Å². The zero-order valence-corrected chi connectivity index (χ0v) is 16.1. The second-order valence-corrected chi connectivity index (χ2v) is 6.64. The van der Waals surface area contributed by atoms with Gasteiger partial charge in [0.05, 0.1) is 24.7 Å². The molecule has 0 saturated heterocycles. The molecule has 2 aromatic carbocycles. The third-order valence-electron chi connectivity index (χ3n) is 4.73. The molecule has 0 radical (unpaired) electrons. The maximum absolute atomic E-state index is 12.5. The van der Waals surface area contributed by atoms with E-state index in [4.69, 9.17) is 9.72 Å². The van der Waals surface area contributed by atoms with E-state index in [0.717, 1.165) is 35.6 Å². The molecule has 0 fully saturated rings. The van der Waals surface area contributed by atoms with E-state index >= 15 is 0 Å². The molecule has 5 nitrogen and oxygen atoms in total. The Kier molecular flexibility index (Phi) is 6.47. The van der Waals surface area contributed by atoms with Gasteiger partial charge in [0.25, 0.3) is 5.91 Å². The zero-order valence-electron chi connectivity index (χ0n) is 16.1. The number of aryl methyl sites for hydroxylation is 1. The van der Waals surface area contributed by atoms with E-state index < -0.39 is 0 Å². The highest BCUT2D eigenvalue weighted by molar-refractivity contribution is 5.94. The monoisotopic (exact) mass is 365 g/mol. The largest absolute Gasteiger partial charge is 0.497 e. The summed E-state index contributed by atoms with van der Waals surface area (Å²) in [6.07, 6.45) is 4.79. The number of hydrogen-bond acceptors (Lipinski definition) is 3. The normalized spacial score (nSPS) is 10.9. The van der Waals surface area contributed by atoms with E-state index in [1.807, 2.05) is 18.2 Å². The molecule has 0 saturated carbocycles. The first-order valence-electron chi connectivity index (χ1n) is 9.59. The average Bonchev–Trinajstić information content (AvgIpc) is 3.07. The van der Waals surface area contributed by atoms with Crippen LogP contribution in [0.25, 0.3) is 11.0 Å². The van der Waals surface area contributed by atoms with Crippen LogP contribution in [0.2, 0.25) is 0 Å². The van der Waals surface area contributed by atoms with E-state index in [1.165, 1.54) is 19.3 Å². The number of imidazole rings is 1. The van der Waals surface area contributed by atoms with Crippen LogP contribution in [-0.2, 0) is 13.1 Å². The molecule has 5 heteroatoms. The van der Waals surface area contributed by atoms with Crippen LogP contribution in [-0.4, -0.2) is 22.6 Å². The highest BCUT2D eigenvalue weighted by atomic mass is 16.5. The number of carbonyl (C=O) groups excluding carboxylic acids is 1. The zero-order chi connectivity index (χ0) is 19.1. The molecule has 1 N–H and O–H groups in total. The fourth-order valence-electron chi connectivity index (χ4n) is 3.21. The molecular weight excluding hydrogens is 338 g/mol. The number of benzene rings is 2. The molecule has 142 valence electrons. The number of unbranched alkanes of at least 4 members (excludes halogenated alkanes) is 3. The molecular formula is C22H27N3O2. The van der Waals surface area contributed by atoms with Crippen LogP contribution in [0.1, 0.15) is 48.8 Å². The van der Waals surface area contributed by atoms with Crippen molar-refractivity contribution in [1.29, 1.82) is 0 Å². The summed E-state index contributed by atoms with van der Waals surface area (Å²) < 4.78 is 7.37. The Labute approximate surface area is 160 Å². The summed E-state index contributed by atoms with van der Waals surface area (Å²) in [5.41, 5.74) is 2.71. The summed E-state index contributed by atoms with van der Waals surface area (Å²) in [5.74, 6) is 1.53. The summed E-state index contributed by atoms with van der Waals surface area (Å²) in [6.45, 7) is 3.55. The molecule has 0 atom stereocenters. The number of rotatable bonds is 9. The van der Waals surface area contributed by atoms with Crippen molar-refractivity contribution in [3.8, 4) is 5.75 Å². The van der Waals surface area contributed by atoms with E-state index in [2.05, 4.69) is 22.9 Å². The van der Waals surface area contributed by atoms with Gasteiger partial charge < -0.3 is 14.6 Å². The van der Waals surface area contributed by atoms with Crippen molar-refractivity contribution < 1.29 is 9.53 Å². The first-order valence-corrected chi connectivity index (χ1v) is 9.59.